The van der Waals surface area contributed by atoms with Crippen LogP contribution in [0.1, 0.15) is 17.3 Å². The molecule has 0 amide bonds. The minimum Gasteiger partial charge on any atom is -0.340 e. The van der Waals surface area contributed by atoms with E-state index in [0.29, 0.717) is 11.4 Å². The zero-order valence-corrected chi connectivity index (χ0v) is 11.2. The molecule has 100 valence electrons. The minimum absolute atomic E-state index is 0.0493. The molecule has 1 aromatic carbocycles. The number of Topliss-reactive ketones (excluding diaryl/α,β-unsaturated/α-hetero) is 1. The third kappa shape index (κ3) is 2.11. The van der Waals surface area contributed by atoms with E-state index in [2.05, 4.69) is 20.4 Å². The highest BCUT2D eigenvalue weighted by Gasteiger charge is 2.08. The monoisotopic (exact) mass is 267 g/mol. The molecule has 2 heterocycles. The van der Waals surface area contributed by atoms with Crippen molar-refractivity contribution >= 4 is 28.3 Å². The SMILES string of the molecule is CC(=O)c1ccc(Nc2ncnc3c2cnn3C)cc1. The van der Waals surface area contributed by atoms with Gasteiger partial charge in [-0.25, -0.2) is 9.97 Å². The van der Waals surface area contributed by atoms with Gasteiger partial charge in [0.15, 0.2) is 11.4 Å². The van der Waals surface area contributed by atoms with E-state index in [4.69, 9.17) is 0 Å². The fourth-order valence-corrected chi connectivity index (χ4v) is 1.99. The number of hydrogen-bond acceptors (Lipinski definition) is 5. The van der Waals surface area contributed by atoms with E-state index in [0.717, 1.165) is 16.7 Å². The van der Waals surface area contributed by atoms with E-state index < -0.39 is 0 Å². The lowest BCUT2D eigenvalue weighted by molar-refractivity contribution is 0.101. The van der Waals surface area contributed by atoms with Crippen LogP contribution in [0.5, 0.6) is 0 Å². The molecule has 0 atom stereocenters. The van der Waals surface area contributed by atoms with Crippen LogP contribution in [0.4, 0.5) is 11.5 Å². The van der Waals surface area contributed by atoms with Gasteiger partial charge in [0.2, 0.25) is 0 Å². The number of anilines is 2. The van der Waals surface area contributed by atoms with Crippen molar-refractivity contribution in [1.82, 2.24) is 19.7 Å². The minimum atomic E-state index is 0.0493. The Morgan fingerprint density at radius 1 is 1.20 bits per heavy atom. The third-order valence-corrected chi connectivity index (χ3v) is 3.08. The van der Waals surface area contributed by atoms with Crippen LogP contribution in [0.25, 0.3) is 11.0 Å². The normalized spacial score (nSPS) is 10.7. The smallest absolute Gasteiger partial charge is 0.163 e. The maximum atomic E-state index is 11.2. The molecule has 6 heteroatoms. The summed E-state index contributed by atoms with van der Waals surface area (Å²) < 4.78 is 1.70. The molecule has 20 heavy (non-hydrogen) atoms. The van der Waals surface area contributed by atoms with Crippen molar-refractivity contribution in [3.8, 4) is 0 Å². The maximum absolute atomic E-state index is 11.2. The summed E-state index contributed by atoms with van der Waals surface area (Å²) in [6.45, 7) is 1.55. The molecule has 0 aliphatic rings. The first-order valence-corrected chi connectivity index (χ1v) is 6.16. The van der Waals surface area contributed by atoms with Crippen molar-refractivity contribution in [1.29, 1.82) is 0 Å². The summed E-state index contributed by atoms with van der Waals surface area (Å²) in [5, 5.41) is 8.23. The van der Waals surface area contributed by atoms with Gasteiger partial charge in [-0.3, -0.25) is 9.48 Å². The fourth-order valence-electron chi connectivity index (χ4n) is 1.99. The van der Waals surface area contributed by atoms with E-state index in [1.54, 1.807) is 29.9 Å². The second-order valence-corrected chi connectivity index (χ2v) is 4.49. The van der Waals surface area contributed by atoms with Crippen molar-refractivity contribution in [3.63, 3.8) is 0 Å². The largest absolute Gasteiger partial charge is 0.340 e. The van der Waals surface area contributed by atoms with Crippen molar-refractivity contribution in [3.05, 3.63) is 42.4 Å². The molecule has 3 aromatic rings. The topological polar surface area (TPSA) is 72.7 Å². The molecule has 0 unspecified atom stereocenters. The highest BCUT2D eigenvalue weighted by Crippen LogP contribution is 2.22. The van der Waals surface area contributed by atoms with E-state index in [-0.39, 0.29) is 5.78 Å². The number of fused-ring (bicyclic) bond motifs is 1. The van der Waals surface area contributed by atoms with E-state index >= 15 is 0 Å². The van der Waals surface area contributed by atoms with Crippen molar-refractivity contribution in [2.24, 2.45) is 7.05 Å². The van der Waals surface area contributed by atoms with Crippen LogP contribution in [0.3, 0.4) is 0 Å². The summed E-state index contributed by atoms with van der Waals surface area (Å²) in [6, 6.07) is 7.26. The average molecular weight is 267 g/mol. The number of nitrogens with one attached hydrogen (secondary N) is 1. The van der Waals surface area contributed by atoms with E-state index in [9.17, 15) is 4.79 Å². The van der Waals surface area contributed by atoms with E-state index in [1.807, 2.05) is 19.2 Å². The average Bonchev–Trinajstić information content (AvgIpc) is 2.82. The Balaban J connectivity index is 1.95. The second-order valence-electron chi connectivity index (χ2n) is 4.49. The molecule has 0 saturated carbocycles. The quantitative estimate of drug-likeness (QED) is 0.737. The molecule has 0 fully saturated rings. The van der Waals surface area contributed by atoms with Crippen molar-refractivity contribution in [2.45, 2.75) is 6.92 Å². The summed E-state index contributed by atoms with van der Waals surface area (Å²) in [6.07, 6.45) is 3.22. The Hall–Kier alpha value is -2.76. The Labute approximate surface area is 115 Å². The molecule has 6 nitrogen and oxygen atoms in total. The van der Waals surface area contributed by atoms with Crippen LogP contribution < -0.4 is 5.32 Å². The van der Waals surface area contributed by atoms with Gasteiger partial charge in [-0.2, -0.15) is 5.10 Å². The molecule has 0 aliphatic carbocycles. The molecular formula is C14H13N5O. The third-order valence-electron chi connectivity index (χ3n) is 3.08. The zero-order valence-electron chi connectivity index (χ0n) is 11.2. The molecule has 0 aliphatic heterocycles. The molecule has 2 aromatic heterocycles. The van der Waals surface area contributed by atoms with E-state index in [1.165, 1.54) is 6.33 Å². The molecule has 3 rings (SSSR count). The van der Waals surface area contributed by atoms with Gasteiger partial charge in [-0.1, -0.05) is 0 Å². The standard InChI is InChI=1S/C14H13N5O/c1-9(20)10-3-5-11(6-4-10)18-13-12-7-17-19(2)14(12)16-8-15-13/h3-8H,1-2H3,(H,15,16,18). The van der Waals surface area contributed by atoms with Gasteiger partial charge >= 0.3 is 0 Å². The molecular weight excluding hydrogens is 254 g/mol. The lowest BCUT2D eigenvalue weighted by Crippen LogP contribution is -1.98. The first-order valence-electron chi connectivity index (χ1n) is 6.16. The number of benzene rings is 1. The van der Waals surface area contributed by atoms with Gasteiger partial charge in [-0.15, -0.1) is 0 Å². The zero-order chi connectivity index (χ0) is 14.1. The highest BCUT2D eigenvalue weighted by molar-refractivity contribution is 5.94. The lowest BCUT2D eigenvalue weighted by atomic mass is 10.1. The molecule has 0 saturated heterocycles. The van der Waals surface area contributed by atoms with Gasteiger partial charge in [-0.05, 0) is 31.2 Å². The van der Waals surface area contributed by atoms with Crippen LogP contribution >= 0.6 is 0 Å². The molecule has 0 spiro atoms. The van der Waals surface area contributed by atoms with Crippen molar-refractivity contribution < 1.29 is 4.79 Å². The molecule has 1 N–H and O–H groups in total. The second kappa shape index (κ2) is 4.73. The predicted molar refractivity (Wildman–Crippen MR) is 76.0 cm³/mol. The lowest BCUT2D eigenvalue weighted by Gasteiger charge is -2.06. The number of ketones is 1. The van der Waals surface area contributed by atoms with Crippen LogP contribution in [-0.2, 0) is 7.05 Å². The summed E-state index contributed by atoms with van der Waals surface area (Å²) in [4.78, 5) is 19.7. The molecule has 0 radical (unpaired) electrons. The van der Waals surface area contributed by atoms with Crippen LogP contribution in [0.15, 0.2) is 36.8 Å². The first kappa shape index (κ1) is 12.3. The summed E-state index contributed by atoms with van der Waals surface area (Å²) >= 11 is 0. The van der Waals surface area contributed by atoms with Crippen LogP contribution in [0, 0.1) is 0 Å². The number of rotatable bonds is 3. The number of carbonyl (C=O) groups is 1. The summed E-state index contributed by atoms with van der Waals surface area (Å²) in [5.74, 6) is 0.743. The predicted octanol–water partition coefficient (Wildman–Crippen LogP) is 2.31. The number of hydrogen-bond donors (Lipinski definition) is 1. The summed E-state index contributed by atoms with van der Waals surface area (Å²) in [7, 11) is 1.83. The Morgan fingerprint density at radius 2 is 1.95 bits per heavy atom. The number of aromatic nitrogens is 4. The Bertz CT molecular complexity index is 776. The maximum Gasteiger partial charge on any atom is 0.163 e. The summed E-state index contributed by atoms with van der Waals surface area (Å²) in [5.41, 5.74) is 2.31. The van der Waals surface area contributed by atoms with Gasteiger partial charge in [0.1, 0.15) is 12.1 Å². The van der Waals surface area contributed by atoms with Gasteiger partial charge in [0.05, 0.1) is 11.6 Å². The Morgan fingerprint density at radius 3 is 2.65 bits per heavy atom. The van der Waals surface area contributed by atoms with Gasteiger partial charge in [0, 0.05) is 18.3 Å². The number of aryl methyl sites for hydroxylation is 1. The first-order chi connectivity index (χ1) is 9.65. The number of nitrogens with zero attached hydrogens (tertiary/aromatic N) is 4. The fraction of sp³-hybridized carbons (Fsp3) is 0.143. The highest BCUT2D eigenvalue weighted by atomic mass is 16.1. The van der Waals surface area contributed by atoms with Crippen molar-refractivity contribution in [2.75, 3.05) is 5.32 Å². The Kier molecular flexibility index (Phi) is 2.90. The number of carbonyl (C=O) groups excluding carboxylic acids is 1. The molecule has 0 bridgehead atoms. The van der Waals surface area contributed by atoms with Crippen LogP contribution in [0.2, 0.25) is 0 Å². The van der Waals surface area contributed by atoms with Gasteiger partial charge in [0.25, 0.3) is 0 Å². The van der Waals surface area contributed by atoms with Gasteiger partial charge < -0.3 is 5.32 Å². The van der Waals surface area contributed by atoms with Crippen LogP contribution in [-0.4, -0.2) is 25.5 Å².